The van der Waals surface area contributed by atoms with Crippen LogP contribution in [-0.2, 0) is 16.1 Å². The van der Waals surface area contributed by atoms with Crippen LogP contribution in [0.15, 0.2) is 28.7 Å². The predicted octanol–water partition coefficient (Wildman–Crippen LogP) is 3.40. The zero-order chi connectivity index (χ0) is 21.0. The van der Waals surface area contributed by atoms with Gasteiger partial charge in [-0.05, 0) is 33.0 Å². The fourth-order valence-corrected chi connectivity index (χ4v) is 2.64. The molecule has 1 aromatic heterocycles. The van der Waals surface area contributed by atoms with Crippen LogP contribution < -0.4 is 5.32 Å². The summed E-state index contributed by atoms with van der Waals surface area (Å²) in [4.78, 5) is 36.2. The van der Waals surface area contributed by atoms with E-state index in [4.69, 9.17) is 16.0 Å². The molecule has 1 heterocycles. The lowest BCUT2D eigenvalue weighted by molar-refractivity contribution is -0.384. The first-order chi connectivity index (χ1) is 13.1. The van der Waals surface area contributed by atoms with E-state index in [-0.39, 0.29) is 22.9 Å². The average molecular weight is 410 g/mol. The van der Waals surface area contributed by atoms with Crippen molar-refractivity contribution in [3.63, 3.8) is 0 Å². The first-order valence-electron chi connectivity index (χ1n) is 8.26. The Labute approximate surface area is 166 Å². The topological polar surface area (TPSA) is 115 Å². The number of halogens is 1. The first-order valence-corrected chi connectivity index (χ1v) is 8.64. The Morgan fingerprint density at radius 1 is 1.39 bits per heavy atom. The Bertz CT molecular complexity index is 911. The second-order valence-corrected chi connectivity index (χ2v) is 6.58. The number of anilines is 1. The van der Waals surface area contributed by atoms with Gasteiger partial charge in [-0.1, -0.05) is 11.6 Å². The number of ether oxygens (including phenoxy) is 1. The van der Waals surface area contributed by atoms with E-state index in [0.717, 1.165) is 0 Å². The monoisotopic (exact) mass is 409 g/mol. The van der Waals surface area contributed by atoms with Crippen molar-refractivity contribution in [1.82, 2.24) is 4.90 Å². The van der Waals surface area contributed by atoms with E-state index in [0.29, 0.717) is 17.1 Å². The number of hydrogen-bond acceptors (Lipinski definition) is 7. The molecule has 0 spiro atoms. The third kappa shape index (κ3) is 4.87. The van der Waals surface area contributed by atoms with Gasteiger partial charge in [0.1, 0.15) is 17.1 Å². The van der Waals surface area contributed by atoms with E-state index in [9.17, 15) is 19.7 Å². The largest absolute Gasteiger partial charge is 0.465 e. The lowest BCUT2D eigenvalue weighted by atomic mass is 10.2. The number of amides is 1. The highest BCUT2D eigenvalue weighted by Crippen LogP contribution is 2.27. The molecular formula is C18H20ClN3O6. The molecule has 0 aliphatic carbocycles. The summed E-state index contributed by atoms with van der Waals surface area (Å²) >= 11 is 6.01. The maximum absolute atomic E-state index is 12.5. The van der Waals surface area contributed by atoms with Crippen LogP contribution >= 0.6 is 11.6 Å². The van der Waals surface area contributed by atoms with Crippen LogP contribution in [0.25, 0.3) is 0 Å². The Kier molecular flexibility index (Phi) is 6.76. The van der Waals surface area contributed by atoms with Gasteiger partial charge in [0.2, 0.25) is 5.91 Å². The standard InChI is InChI=1S/C18H20ClN3O6/c1-10(17(23)20-16-7-12(22(25)26)5-6-15(16)19)21(3)9-13-8-14(11(2)28-13)18(24)27-4/h5-8,10H,9H2,1-4H3,(H,20,23). The van der Waals surface area contributed by atoms with Gasteiger partial charge in [-0.2, -0.15) is 0 Å². The van der Waals surface area contributed by atoms with Gasteiger partial charge >= 0.3 is 5.97 Å². The van der Waals surface area contributed by atoms with Crippen molar-refractivity contribution in [3.8, 4) is 0 Å². The minimum Gasteiger partial charge on any atom is -0.465 e. The van der Waals surface area contributed by atoms with Crippen molar-refractivity contribution < 1.29 is 23.7 Å². The van der Waals surface area contributed by atoms with E-state index in [1.54, 1.807) is 31.9 Å². The maximum atomic E-state index is 12.5. The zero-order valence-electron chi connectivity index (χ0n) is 15.8. The average Bonchev–Trinajstić information content (AvgIpc) is 3.01. The molecule has 1 atom stereocenters. The number of methoxy groups -OCH3 is 1. The molecule has 0 radical (unpaired) electrons. The van der Waals surface area contributed by atoms with Crippen LogP contribution in [0, 0.1) is 17.0 Å². The molecule has 2 aromatic rings. The third-order valence-corrected chi connectivity index (χ3v) is 4.57. The number of aryl methyl sites for hydroxylation is 1. The fraction of sp³-hybridized carbons (Fsp3) is 0.333. The second kappa shape index (κ2) is 8.85. The van der Waals surface area contributed by atoms with Gasteiger partial charge in [-0.3, -0.25) is 19.8 Å². The fourth-order valence-electron chi connectivity index (χ4n) is 2.48. The minimum atomic E-state index is -0.609. The number of carbonyl (C=O) groups is 2. The van der Waals surface area contributed by atoms with Gasteiger partial charge in [-0.15, -0.1) is 0 Å². The number of nitro benzene ring substituents is 1. The summed E-state index contributed by atoms with van der Waals surface area (Å²) in [5.74, 6) is 0.0202. The van der Waals surface area contributed by atoms with Crippen LogP contribution in [0.1, 0.15) is 28.8 Å². The van der Waals surface area contributed by atoms with Crippen LogP contribution in [0.4, 0.5) is 11.4 Å². The minimum absolute atomic E-state index is 0.155. The second-order valence-electron chi connectivity index (χ2n) is 6.18. The van der Waals surface area contributed by atoms with Gasteiger partial charge < -0.3 is 14.5 Å². The summed E-state index contributed by atoms with van der Waals surface area (Å²) in [6.07, 6.45) is 0. The van der Waals surface area contributed by atoms with Crippen molar-refractivity contribution in [2.45, 2.75) is 26.4 Å². The number of likely N-dealkylation sites (N-methyl/N-ethyl adjacent to an activating group) is 1. The maximum Gasteiger partial charge on any atom is 0.341 e. The zero-order valence-corrected chi connectivity index (χ0v) is 16.6. The summed E-state index contributed by atoms with van der Waals surface area (Å²) < 4.78 is 10.2. The molecule has 0 aliphatic rings. The Morgan fingerprint density at radius 3 is 2.68 bits per heavy atom. The molecule has 9 nitrogen and oxygen atoms in total. The van der Waals surface area contributed by atoms with E-state index in [1.165, 1.54) is 25.3 Å². The molecule has 28 heavy (non-hydrogen) atoms. The van der Waals surface area contributed by atoms with Crippen LogP contribution in [0.2, 0.25) is 5.02 Å². The van der Waals surface area contributed by atoms with E-state index in [1.807, 2.05) is 0 Å². The number of esters is 1. The van der Waals surface area contributed by atoms with Crippen molar-refractivity contribution in [3.05, 3.63) is 56.5 Å². The van der Waals surface area contributed by atoms with Crippen molar-refractivity contribution in [1.29, 1.82) is 0 Å². The number of rotatable bonds is 7. The highest BCUT2D eigenvalue weighted by molar-refractivity contribution is 6.33. The number of hydrogen-bond donors (Lipinski definition) is 1. The Morgan fingerprint density at radius 2 is 2.07 bits per heavy atom. The van der Waals surface area contributed by atoms with Crippen molar-refractivity contribution >= 4 is 34.9 Å². The van der Waals surface area contributed by atoms with E-state index in [2.05, 4.69) is 10.1 Å². The molecular weight excluding hydrogens is 390 g/mol. The van der Waals surface area contributed by atoms with Crippen LogP contribution in [0.5, 0.6) is 0 Å². The highest BCUT2D eigenvalue weighted by Gasteiger charge is 2.23. The smallest absolute Gasteiger partial charge is 0.341 e. The summed E-state index contributed by atoms with van der Waals surface area (Å²) in [5, 5.41) is 13.7. The van der Waals surface area contributed by atoms with Crippen molar-refractivity contribution in [2.75, 3.05) is 19.5 Å². The first kappa shape index (κ1) is 21.4. The molecule has 0 saturated heterocycles. The number of benzene rings is 1. The quantitative estimate of drug-likeness (QED) is 0.423. The van der Waals surface area contributed by atoms with Gasteiger partial charge in [-0.25, -0.2) is 4.79 Å². The summed E-state index contributed by atoms with van der Waals surface area (Å²) in [5.41, 5.74) is 0.302. The molecule has 2 rings (SSSR count). The number of nitro groups is 1. The molecule has 1 amide bonds. The molecule has 0 aliphatic heterocycles. The van der Waals surface area contributed by atoms with E-state index >= 15 is 0 Å². The van der Waals surface area contributed by atoms with Gasteiger partial charge in [0.05, 0.1) is 35.3 Å². The molecule has 0 bridgehead atoms. The normalized spacial score (nSPS) is 11.9. The van der Waals surface area contributed by atoms with E-state index < -0.39 is 22.8 Å². The Balaban J connectivity index is 2.08. The number of nitrogens with zero attached hydrogens (tertiary/aromatic N) is 2. The predicted molar refractivity (Wildman–Crippen MR) is 102 cm³/mol. The number of carbonyl (C=O) groups excluding carboxylic acids is 2. The molecule has 1 aromatic carbocycles. The summed E-state index contributed by atoms with van der Waals surface area (Å²) in [7, 11) is 2.99. The lowest BCUT2D eigenvalue weighted by Crippen LogP contribution is -2.39. The van der Waals surface area contributed by atoms with Gasteiger partial charge in [0, 0.05) is 12.1 Å². The lowest BCUT2D eigenvalue weighted by Gasteiger charge is -2.23. The Hall–Kier alpha value is -2.91. The van der Waals surface area contributed by atoms with Crippen molar-refractivity contribution in [2.24, 2.45) is 0 Å². The summed E-state index contributed by atoms with van der Waals surface area (Å²) in [6, 6.07) is 4.77. The molecule has 1 unspecified atom stereocenters. The molecule has 150 valence electrons. The molecule has 0 saturated carbocycles. The van der Waals surface area contributed by atoms with Crippen LogP contribution in [-0.4, -0.2) is 41.9 Å². The molecule has 10 heteroatoms. The van der Waals surface area contributed by atoms with Crippen LogP contribution in [0.3, 0.4) is 0 Å². The third-order valence-electron chi connectivity index (χ3n) is 4.24. The number of nitrogens with one attached hydrogen (secondary N) is 1. The number of non-ortho nitro benzene ring substituents is 1. The molecule has 1 N–H and O–H groups in total. The number of furan rings is 1. The molecule has 0 fully saturated rings. The summed E-state index contributed by atoms with van der Waals surface area (Å²) in [6.45, 7) is 3.57. The SMILES string of the molecule is COC(=O)c1cc(CN(C)C(C)C(=O)Nc2cc([N+](=O)[O-])ccc2Cl)oc1C. The highest BCUT2D eigenvalue weighted by atomic mass is 35.5. The van der Waals surface area contributed by atoms with Gasteiger partial charge in [0.25, 0.3) is 5.69 Å². The van der Waals surface area contributed by atoms with Gasteiger partial charge in [0.15, 0.2) is 0 Å².